The first-order valence-corrected chi connectivity index (χ1v) is 9.03. The minimum absolute atomic E-state index is 0. The lowest BCUT2D eigenvalue weighted by Gasteiger charge is -2.21. The van der Waals surface area contributed by atoms with Crippen molar-refractivity contribution in [3.63, 3.8) is 0 Å². The van der Waals surface area contributed by atoms with Gasteiger partial charge in [-0.05, 0) is 37.0 Å². The van der Waals surface area contributed by atoms with E-state index in [9.17, 15) is 18.0 Å². The second kappa shape index (κ2) is 10.9. The fraction of sp³-hybridized carbons (Fsp3) is 0.579. The number of esters is 1. The number of carbonyl (C=O) groups excluding carboxylic acids is 1. The summed E-state index contributed by atoms with van der Waals surface area (Å²) in [4.78, 5) is 18.5. The van der Waals surface area contributed by atoms with Crippen LogP contribution in [-0.2, 0) is 22.1 Å². The standard InChI is InChI=1S/C19H26F3N3O2.HI/c1-4-23-18(25-11-13(2)16(12-25)17(26)27-3)24-10-9-14-5-7-15(8-6-14)19(20,21)22;/h5-8,13,16H,4,9-12H2,1-3H3,(H,23,24);1H. The molecule has 0 amide bonds. The Kier molecular flexibility index (Phi) is 9.52. The number of hydrogen-bond donors (Lipinski definition) is 1. The number of likely N-dealkylation sites (tertiary alicyclic amines) is 1. The molecule has 0 spiro atoms. The van der Waals surface area contributed by atoms with Crippen LogP contribution in [0.2, 0.25) is 0 Å². The SMILES string of the molecule is CCNC(=NCCc1ccc(C(F)(F)F)cc1)N1CC(C)C(C(=O)OC)C1.I. The molecule has 0 aliphatic carbocycles. The number of nitrogens with one attached hydrogen (secondary N) is 1. The van der Waals surface area contributed by atoms with E-state index < -0.39 is 11.7 Å². The van der Waals surface area contributed by atoms with Crippen molar-refractivity contribution in [2.45, 2.75) is 26.4 Å². The van der Waals surface area contributed by atoms with Crippen LogP contribution in [0.3, 0.4) is 0 Å². The van der Waals surface area contributed by atoms with Crippen LogP contribution in [0.25, 0.3) is 0 Å². The average Bonchev–Trinajstić information content (AvgIpc) is 3.01. The molecule has 0 aromatic heterocycles. The van der Waals surface area contributed by atoms with Gasteiger partial charge in [-0.15, -0.1) is 24.0 Å². The predicted molar refractivity (Wildman–Crippen MR) is 113 cm³/mol. The Morgan fingerprint density at radius 2 is 1.93 bits per heavy atom. The number of methoxy groups -OCH3 is 1. The largest absolute Gasteiger partial charge is 0.469 e. The number of aliphatic imine (C=N–C) groups is 1. The summed E-state index contributed by atoms with van der Waals surface area (Å²) in [6.07, 6.45) is -3.78. The molecule has 1 aromatic carbocycles. The van der Waals surface area contributed by atoms with Gasteiger partial charge < -0.3 is 15.0 Å². The van der Waals surface area contributed by atoms with E-state index >= 15 is 0 Å². The van der Waals surface area contributed by atoms with Gasteiger partial charge in [0.1, 0.15) is 0 Å². The summed E-state index contributed by atoms with van der Waals surface area (Å²) >= 11 is 0. The molecule has 1 saturated heterocycles. The molecule has 0 radical (unpaired) electrons. The van der Waals surface area contributed by atoms with Crippen LogP contribution in [0.15, 0.2) is 29.3 Å². The summed E-state index contributed by atoms with van der Waals surface area (Å²) in [5, 5.41) is 3.21. The maximum Gasteiger partial charge on any atom is 0.416 e. The lowest BCUT2D eigenvalue weighted by atomic mass is 9.99. The fourth-order valence-corrected chi connectivity index (χ4v) is 3.18. The van der Waals surface area contributed by atoms with Crippen LogP contribution >= 0.6 is 24.0 Å². The number of carbonyl (C=O) groups is 1. The quantitative estimate of drug-likeness (QED) is 0.283. The van der Waals surface area contributed by atoms with E-state index in [0.29, 0.717) is 38.6 Å². The predicted octanol–water partition coefficient (Wildman–Crippen LogP) is 3.57. The number of ether oxygens (including phenoxy) is 1. The van der Waals surface area contributed by atoms with E-state index in [1.165, 1.54) is 19.2 Å². The Morgan fingerprint density at radius 1 is 1.29 bits per heavy atom. The van der Waals surface area contributed by atoms with Gasteiger partial charge >= 0.3 is 12.1 Å². The van der Waals surface area contributed by atoms with Crippen molar-refractivity contribution in [3.05, 3.63) is 35.4 Å². The van der Waals surface area contributed by atoms with E-state index in [4.69, 9.17) is 4.74 Å². The summed E-state index contributed by atoms with van der Waals surface area (Å²) < 4.78 is 42.7. The fourth-order valence-electron chi connectivity index (χ4n) is 3.18. The van der Waals surface area contributed by atoms with E-state index in [2.05, 4.69) is 10.3 Å². The van der Waals surface area contributed by atoms with Gasteiger partial charge in [0.15, 0.2) is 5.96 Å². The molecule has 5 nitrogen and oxygen atoms in total. The second-order valence-corrected chi connectivity index (χ2v) is 6.69. The Hall–Kier alpha value is -1.52. The molecule has 2 unspecified atom stereocenters. The molecular weight excluding hydrogens is 486 g/mol. The summed E-state index contributed by atoms with van der Waals surface area (Å²) in [7, 11) is 1.39. The molecule has 1 aliphatic rings. The molecular formula is C19H27F3IN3O2. The summed E-state index contributed by atoms with van der Waals surface area (Å²) in [6.45, 7) is 6.34. The van der Waals surface area contributed by atoms with Crippen LogP contribution in [0.5, 0.6) is 0 Å². The normalized spacial score (nSPS) is 19.9. The molecule has 2 atom stereocenters. The van der Waals surface area contributed by atoms with Gasteiger partial charge in [-0.3, -0.25) is 9.79 Å². The van der Waals surface area contributed by atoms with Crippen molar-refractivity contribution in [1.82, 2.24) is 10.2 Å². The minimum Gasteiger partial charge on any atom is -0.469 e. The average molecular weight is 513 g/mol. The molecule has 28 heavy (non-hydrogen) atoms. The molecule has 1 aliphatic heterocycles. The highest BCUT2D eigenvalue weighted by molar-refractivity contribution is 14.0. The number of alkyl halides is 3. The number of rotatable bonds is 5. The van der Waals surface area contributed by atoms with Crippen molar-refractivity contribution in [3.8, 4) is 0 Å². The molecule has 1 N–H and O–H groups in total. The Bertz CT molecular complexity index is 665. The zero-order chi connectivity index (χ0) is 20.0. The van der Waals surface area contributed by atoms with Gasteiger partial charge in [-0.25, -0.2) is 0 Å². The number of hydrogen-bond acceptors (Lipinski definition) is 3. The minimum atomic E-state index is -4.32. The van der Waals surface area contributed by atoms with Crippen molar-refractivity contribution >= 4 is 35.9 Å². The van der Waals surface area contributed by atoms with Crippen LogP contribution in [0, 0.1) is 11.8 Å². The maximum absolute atomic E-state index is 12.6. The van der Waals surface area contributed by atoms with E-state index in [0.717, 1.165) is 17.7 Å². The monoisotopic (exact) mass is 513 g/mol. The highest BCUT2D eigenvalue weighted by Crippen LogP contribution is 2.29. The molecule has 1 aromatic rings. The molecule has 0 bridgehead atoms. The van der Waals surface area contributed by atoms with Crippen LogP contribution < -0.4 is 5.32 Å². The third kappa shape index (κ3) is 6.52. The van der Waals surface area contributed by atoms with Gasteiger partial charge in [-0.1, -0.05) is 19.1 Å². The van der Waals surface area contributed by atoms with E-state index in [-0.39, 0.29) is 41.8 Å². The number of halogens is 4. The summed E-state index contributed by atoms with van der Waals surface area (Å²) in [5.41, 5.74) is 0.146. The number of nitrogens with zero attached hydrogens (tertiary/aromatic N) is 2. The van der Waals surface area contributed by atoms with E-state index in [1.54, 1.807) is 0 Å². The van der Waals surface area contributed by atoms with Gasteiger partial charge in [0, 0.05) is 26.2 Å². The number of guanidine groups is 1. The van der Waals surface area contributed by atoms with Crippen LogP contribution in [-0.4, -0.2) is 50.1 Å². The zero-order valence-corrected chi connectivity index (χ0v) is 18.6. The van der Waals surface area contributed by atoms with Crippen molar-refractivity contribution in [2.75, 3.05) is 33.3 Å². The van der Waals surface area contributed by atoms with Crippen LogP contribution in [0.1, 0.15) is 25.0 Å². The first-order valence-electron chi connectivity index (χ1n) is 9.03. The first kappa shape index (κ1) is 24.5. The Balaban J connectivity index is 0.00000392. The molecule has 1 fully saturated rings. The summed E-state index contributed by atoms with van der Waals surface area (Å²) in [6, 6.07) is 5.15. The molecule has 9 heteroatoms. The summed E-state index contributed by atoms with van der Waals surface area (Å²) in [5.74, 6) is 0.471. The van der Waals surface area contributed by atoms with Gasteiger partial charge in [0.2, 0.25) is 0 Å². The van der Waals surface area contributed by atoms with E-state index in [1.807, 2.05) is 18.7 Å². The van der Waals surface area contributed by atoms with Crippen molar-refractivity contribution in [1.29, 1.82) is 0 Å². The third-order valence-corrected chi connectivity index (χ3v) is 4.69. The van der Waals surface area contributed by atoms with Gasteiger partial charge in [-0.2, -0.15) is 13.2 Å². The molecule has 1 heterocycles. The lowest BCUT2D eigenvalue weighted by molar-refractivity contribution is -0.146. The topological polar surface area (TPSA) is 53.9 Å². The van der Waals surface area contributed by atoms with Gasteiger partial charge in [0.25, 0.3) is 0 Å². The molecule has 0 saturated carbocycles. The van der Waals surface area contributed by atoms with Crippen molar-refractivity contribution in [2.24, 2.45) is 16.8 Å². The highest BCUT2D eigenvalue weighted by Gasteiger charge is 2.36. The van der Waals surface area contributed by atoms with Gasteiger partial charge in [0.05, 0.1) is 18.6 Å². The zero-order valence-electron chi connectivity index (χ0n) is 16.3. The highest BCUT2D eigenvalue weighted by atomic mass is 127. The Labute approximate surface area is 180 Å². The lowest BCUT2D eigenvalue weighted by Crippen LogP contribution is -2.40. The number of benzene rings is 1. The smallest absolute Gasteiger partial charge is 0.416 e. The first-order chi connectivity index (χ1) is 12.8. The Morgan fingerprint density at radius 3 is 2.46 bits per heavy atom. The maximum atomic E-state index is 12.6. The van der Waals surface area contributed by atoms with Crippen LogP contribution in [0.4, 0.5) is 13.2 Å². The third-order valence-electron chi connectivity index (χ3n) is 4.69. The van der Waals surface area contributed by atoms with Crippen molar-refractivity contribution < 1.29 is 22.7 Å². The molecule has 2 rings (SSSR count). The molecule has 158 valence electrons. The second-order valence-electron chi connectivity index (χ2n) is 6.69.